The number of halogens is 1. The van der Waals surface area contributed by atoms with E-state index in [1.54, 1.807) is 23.5 Å². The van der Waals surface area contributed by atoms with Crippen LogP contribution in [0.3, 0.4) is 0 Å². The molecule has 1 N–H and O–H groups in total. The normalized spacial score (nSPS) is 13.5. The Morgan fingerprint density at radius 3 is 2.67 bits per heavy atom. The number of sulfonamides is 1. The van der Waals surface area contributed by atoms with Gasteiger partial charge in [-0.05, 0) is 54.7 Å². The lowest BCUT2D eigenvalue weighted by molar-refractivity contribution is 0.300. The van der Waals surface area contributed by atoms with Crippen LogP contribution >= 0.6 is 22.9 Å². The van der Waals surface area contributed by atoms with Gasteiger partial charge in [-0.2, -0.15) is 11.3 Å². The summed E-state index contributed by atoms with van der Waals surface area (Å²) in [5, 5.41) is 4.41. The zero-order chi connectivity index (χ0) is 15.5. The van der Waals surface area contributed by atoms with Crippen LogP contribution in [0, 0.1) is 0 Å². The maximum absolute atomic E-state index is 12.3. The molecule has 0 spiro atoms. The first-order valence-corrected chi connectivity index (χ1v) is 9.14. The third-order valence-corrected chi connectivity index (χ3v) is 5.48. The van der Waals surface area contributed by atoms with Gasteiger partial charge in [-0.25, -0.2) is 13.1 Å². The van der Waals surface area contributed by atoms with Gasteiger partial charge in [-0.3, -0.25) is 0 Å². The van der Waals surface area contributed by atoms with E-state index in [0.717, 1.165) is 5.56 Å². The molecule has 7 heteroatoms. The summed E-state index contributed by atoms with van der Waals surface area (Å²) in [7, 11) is 0.293. The SMILES string of the molecule is CN(C)[C@H](CNS(=O)(=O)c1cccc(Cl)c1)c1ccsc1. The topological polar surface area (TPSA) is 49.4 Å². The Morgan fingerprint density at radius 1 is 1.33 bits per heavy atom. The Balaban J connectivity index is 2.13. The van der Waals surface area contributed by atoms with Crippen molar-refractivity contribution in [1.29, 1.82) is 0 Å². The molecule has 0 aliphatic carbocycles. The van der Waals surface area contributed by atoms with Gasteiger partial charge in [-0.15, -0.1) is 0 Å². The van der Waals surface area contributed by atoms with Crippen LogP contribution in [0.4, 0.5) is 0 Å². The van der Waals surface area contributed by atoms with Gasteiger partial charge in [0.05, 0.1) is 4.90 Å². The molecule has 0 saturated heterocycles. The van der Waals surface area contributed by atoms with Crippen molar-refractivity contribution in [2.24, 2.45) is 0 Å². The van der Waals surface area contributed by atoms with Crippen LogP contribution in [0.15, 0.2) is 46.0 Å². The van der Waals surface area contributed by atoms with Crippen molar-refractivity contribution in [3.63, 3.8) is 0 Å². The lowest BCUT2D eigenvalue weighted by Gasteiger charge is -2.24. The quantitative estimate of drug-likeness (QED) is 0.876. The number of benzene rings is 1. The zero-order valence-electron chi connectivity index (χ0n) is 11.8. The Morgan fingerprint density at radius 2 is 2.10 bits per heavy atom. The summed E-state index contributed by atoms with van der Waals surface area (Å²) in [6, 6.07) is 8.24. The fraction of sp³-hybridized carbons (Fsp3) is 0.286. The minimum atomic E-state index is -3.56. The highest BCUT2D eigenvalue weighted by molar-refractivity contribution is 7.89. The molecule has 0 radical (unpaired) electrons. The van der Waals surface area contributed by atoms with Gasteiger partial charge in [0, 0.05) is 17.6 Å². The summed E-state index contributed by atoms with van der Waals surface area (Å²) in [4.78, 5) is 2.17. The summed E-state index contributed by atoms with van der Waals surface area (Å²) >= 11 is 7.44. The number of rotatable bonds is 6. The van der Waals surface area contributed by atoms with E-state index in [4.69, 9.17) is 11.6 Å². The molecule has 0 saturated carbocycles. The van der Waals surface area contributed by atoms with Crippen molar-refractivity contribution in [3.05, 3.63) is 51.7 Å². The Bertz CT molecular complexity index is 685. The second-order valence-electron chi connectivity index (χ2n) is 4.85. The molecule has 114 valence electrons. The number of likely N-dealkylation sites (N-methyl/N-ethyl adjacent to an activating group) is 1. The molecule has 4 nitrogen and oxygen atoms in total. The van der Waals surface area contributed by atoms with E-state index >= 15 is 0 Å². The van der Waals surface area contributed by atoms with Crippen LogP contribution in [0.5, 0.6) is 0 Å². The smallest absolute Gasteiger partial charge is 0.240 e. The van der Waals surface area contributed by atoms with Crippen LogP contribution in [0.25, 0.3) is 0 Å². The average Bonchev–Trinajstić information content (AvgIpc) is 2.92. The highest BCUT2D eigenvalue weighted by atomic mass is 35.5. The average molecular weight is 345 g/mol. The second kappa shape index (κ2) is 6.89. The molecule has 0 aliphatic rings. The summed E-state index contributed by atoms with van der Waals surface area (Å²) < 4.78 is 27.2. The first-order valence-electron chi connectivity index (χ1n) is 6.34. The van der Waals surface area contributed by atoms with E-state index in [-0.39, 0.29) is 10.9 Å². The highest BCUT2D eigenvalue weighted by Crippen LogP contribution is 2.21. The molecule has 0 fully saturated rings. The van der Waals surface area contributed by atoms with Gasteiger partial charge in [0.15, 0.2) is 0 Å². The van der Waals surface area contributed by atoms with E-state index in [0.29, 0.717) is 11.6 Å². The minimum Gasteiger partial charge on any atom is -0.301 e. The molecule has 2 aromatic rings. The van der Waals surface area contributed by atoms with Crippen molar-refractivity contribution in [3.8, 4) is 0 Å². The third kappa shape index (κ3) is 4.28. The predicted molar refractivity (Wildman–Crippen MR) is 87.4 cm³/mol. The minimum absolute atomic E-state index is 0.00907. The van der Waals surface area contributed by atoms with Gasteiger partial charge >= 0.3 is 0 Å². The molecule has 0 aliphatic heterocycles. The van der Waals surface area contributed by atoms with Crippen molar-refractivity contribution in [1.82, 2.24) is 9.62 Å². The predicted octanol–water partition coefficient (Wildman–Crippen LogP) is 2.98. The van der Waals surface area contributed by atoms with Crippen molar-refractivity contribution in [2.75, 3.05) is 20.6 Å². The number of hydrogen-bond donors (Lipinski definition) is 1. The lowest BCUT2D eigenvalue weighted by Crippen LogP contribution is -2.34. The number of hydrogen-bond acceptors (Lipinski definition) is 4. The number of nitrogens with one attached hydrogen (secondary N) is 1. The molecule has 1 aromatic heterocycles. The highest BCUT2D eigenvalue weighted by Gasteiger charge is 2.20. The largest absolute Gasteiger partial charge is 0.301 e. The van der Waals surface area contributed by atoms with Crippen molar-refractivity contribution < 1.29 is 8.42 Å². The van der Waals surface area contributed by atoms with Crippen LogP contribution in [-0.4, -0.2) is 34.0 Å². The fourth-order valence-electron chi connectivity index (χ4n) is 1.97. The van der Waals surface area contributed by atoms with Crippen molar-refractivity contribution in [2.45, 2.75) is 10.9 Å². The van der Waals surface area contributed by atoms with Gasteiger partial charge in [0.2, 0.25) is 10.0 Å². The summed E-state index contributed by atoms with van der Waals surface area (Å²) in [5.41, 5.74) is 1.10. The van der Waals surface area contributed by atoms with E-state index in [9.17, 15) is 8.42 Å². The van der Waals surface area contributed by atoms with E-state index in [1.807, 2.05) is 35.8 Å². The zero-order valence-corrected chi connectivity index (χ0v) is 14.2. The van der Waals surface area contributed by atoms with Crippen LogP contribution < -0.4 is 4.72 Å². The van der Waals surface area contributed by atoms with E-state index in [2.05, 4.69) is 4.72 Å². The molecule has 1 atom stereocenters. The Hall–Kier alpha value is -0.920. The first kappa shape index (κ1) is 16.5. The molecular formula is C14H17ClN2O2S2. The molecule has 0 unspecified atom stereocenters. The molecule has 2 rings (SSSR count). The summed E-state index contributed by atoms with van der Waals surface area (Å²) in [6.07, 6.45) is 0. The second-order valence-corrected chi connectivity index (χ2v) is 7.83. The van der Waals surface area contributed by atoms with Crippen LogP contribution in [0.1, 0.15) is 11.6 Å². The number of nitrogens with zero attached hydrogens (tertiary/aromatic N) is 1. The third-order valence-electron chi connectivity index (χ3n) is 3.12. The standard InChI is InChI=1S/C14H17ClN2O2S2/c1-17(2)14(11-6-7-20-10-11)9-16-21(18,19)13-5-3-4-12(15)8-13/h3-8,10,14,16H,9H2,1-2H3/t14-/m1/s1. The molecule has 21 heavy (non-hydrogen) atoms. The maximum atomic E-state index is 12.3. The number of thiophene rings is 1. The van der Waals surface area contributed by atoms with Gasteiger partial charge < -0.3 is 4.90 Å². The maximum Gasteiger partial charge on any atom is 0.240 e. The lowest BCUT2D eigenvalue weighted by atomic mass is 10.1. The molecule has 1 heterocycles. The molecule has 0 bridgehead atoms. The Labute approximate surface area is 134 Å². The van der Waals surface area contributed by atoms with E-state index < -0.39 is 10.0 Å². The molecule has 1 aromatic carbocycles. The first-order chi connectivity index (χ1) is 9.90. The molecular weight excluding hydrogens is 328 g/mol. The summed E-state index contributed by atoms with van der Waals surface area (Å²) in [6.45, 7) is 0.304. The van der Waals surface area contributed by atoms with Gasteiger partial charge in [-0.1, -0.05) is 17.7 Å². The van der Waals surface area contributed by atoms with Crippen molar-refractivity contribution >= 4 is 33.0 Å². The van der Waals surface area contributed by atoms with Gasteiger partial charge in [0.1, 0.15) is 0 Å². The summed E-state index contributed by atoms with van der Waals surface area (Å²) in [5.74, 6) is 0. The molecule has 0 amide bonds. The van der Waals surface area contributed by atoms with E-state index in [1.165, 1.54) is 12.1 Å². The van der Waals surface area contributed by atoms with Gasteiger partial charge in [0.25, 0.3) is 0 Å². The monoisotopic (exact) mass is 344 g/mol. The fourth-order valence-corrected chi connectivity index (χ4v) is 4.02. The Kier molecular flexibility index (Phi) is 5.40. The van der Waals surface area contributed by atoms with Crippen LogP contribution in [-0.2, 0) is 10.0 Å². The van der Waals surface area contributed by atoms with Crippen LogP contribution in [0.2, 0.25) is 5.02 Å².